The first-order valence-electron chi connectivity index (χ1n) is 9.71. The van der Waals surface area contributed by atoms with E-state index in [2.05, 4.69) is 12.1 Å². The Bertz CT molecular complexity index is 1230. The number of carbonyl (C=O) groups is 2. The molecule has 2 unspecified atom stereocenters. The molecular formula is C25H18N4O2. The van der Waals surface area contributed by atoms with E-state index >= 15 is 0 Å². The van der Waals surface area contributed by atoms with Gasteiger partial charge in [0.1, 0.15) is 12.1 Å². The number of benzene rings is 3. The smallest absolute Gasteiger partial charge is 0.261 e. The Hall–Kier alpha value is -4.42. The Labute approximate surface area is 180 Å². The van der Waals surface area contributed by atoms with Crippen molar-refractivity contribution in [1.82, 2.24) is 4.90 Å². The zero-order valence-corrected chi connectivity index (χ0v) is 16.8. The molecule has 0 aromatic heterocycles. The van der Waals surface area contributed by atoms with Gasteiger partial charge in [-0.3, -0.25) is 19.4 Å². The second-order valence-electron chi connectivity index (χ2n) is 7.27. The van der Waals surface area contributed by atoms with Crippen LogP contribution in [0.4, 0.5) is 5.69 Å². The lowest BCUT2D eigenvalue weighted by Crippen LogP contribution is -2.65. The van der Waals surface area contributed by atoms with Gasteiger partial charge in [0.15, 0.2) is 0 Å². The second kappa shape index (κ2) is 7.78. The van der Waals surface area contributed by atoms with E-state index in [0.29, 0.717) is 22.4 Å². The first-order chi connectivity index (χ1) is 15.0. The predicted octanol–water partition coefficient (Wildman–Crippen LogP) is 4.29. The summed E-state index contributed by atoms with van der Waals surface area (Å²) < 4.78 is 0. The van der Waals surface area contributed by atoms with E-state index in [1.165, 1.54) is 16.7 Å². The number of hydrogen-bond acceptors (Lipinski definition) is 4. The van der Waals surface area contributed by atoms with Gasteiger partial charge in [0, 0.05) is 16.7 Å². The fourth-order valence-corrected chi connectivity index (χ4v) is 3.94. The highest BCUT2D eigenvalue weighted by molar-refractivity contribution is 6.09. The maximum Gasteiger partial charge on any atom is 0.261 e. The summed E-state index contributed by atoms with van der Waals surface area (Å²) in [5.74, 6) is -0.934. The molecule has 1 aliphatic heterocycles. The van der Waals surface area contributed by atoms with Crippen molar-refractivity contribution in [1.29, 1.82) is 10.5 Å². The summed E-state index contributed by atoms with van der Waals surface area (Å²) in [6, 6.07) is 27.2. The topological polar surface area (TPSA) is 88.2 Å². The van der Waals surface area contributed by atoms with Crippen LogP contribution in [0.25, 0.3) is 0 Å². The number of rotatable bonds is 2. The quantitative estimate of drug-likeness (QED) is 0.635. The van der Waals surface area contributed by atoms with Crippen LogP contribution in [0.5, 0.6) is 0 Å². The van der Waals surface area contributed by atoms with Crippen LogP contribution in [0.2, 0.25) is 0 Å². The van der Waals surface area contributed by atoms with Gasteiger partial charge in [0.05, 0.1) is 11.8 Å². The van der Waals surface area contributed by atoms with Crippen LogP contribution in [0.15, 0.2) is 84.9 Å². The average molecular weight is 406 g/mol. The van der Waals surface area contributed by atoms with E-state index in [9.17, 15) is 20.1 Å². The number of carbonyl (C=O) groups excluding carboxylic acids is 2. The van der Waals surface area contributed by atoms with E-state index in [1.807, 2.05) is 0 Å². The Morgan fingerprint density at radius 3 is 1.87 bits per heavy atom. The van der Waals surface area contributed by atoms with E-state index in [0.717, 1.165) is 0 Å². The minimum Gasteiger partial charge on any atom is -0.282 e. The molecule has 31 heavy (non-hydrogen) atoms. The Balaban J connectivity index is 1.97. The summed E-state index contributed by atoms with van der Waals surface area (Å²) in [6.07, 6.45) is 0. The van der Waals surface area contributed by atoms with Gasteiger partial charge in [-0.05, 0) is 37.3 Å². The molecule has 2 amide bonds. The normalized spacial score (nSPS) is 19.6. The van der Waals surface area contributed by atoms with Crippen molar-refractivity contribution in [2.45, 2.75) is 18.6 Å². The molecule has 0 bridgehead atoms. The van der Waals surface area contributed by atoms with Crippen molar-refractivity contribution < 1.29 is 9.59 Å². The average Bonchev–Trinajstić information content (AvgIpc) is 2.83. The van der Waals surface area contributed by atoms with Crippen LogP contribution in [-0.2, 0) is 0 Å². The molecular weight excluding hydrogens is 388 g/mol. The van der Waals surface area contributed by atoms with Crippen LogP contribution in [0, 0.1) is 22.7 Å². The Kier molecular flexibility index (Phi) is 4.99. The van der Waals surface area contributed by atoms with Crippen LogP contribution in [0.1, 0.15) is 39.2 Å². The van der Waals surface area contributed by atoms with E-state index in [1.54, 1.807) is 84.9 Å². The maximum atomic E-state index is 13.6. The molecule has 6 nitrogen and oxygen atoms in total. The maximum absolute atomic E-state index is 13.6. The lowest BCUT2D eigenvalue weighted by molar-refractivity contribution is 0.0491. The standard InChI is InChI=1S/C25H18N4O2/c1-25(17-27)28(23(30)18-10-4-2-5-11-18)21-15-9-8-14-20(21)22(16-26)29(25)24(31)19-12-6-3-7-13-19/h2-15,22H,1H3. The Morgan fingerprint density at radius 1 is 0.806 bits per heavy atom. The number of para-hydroxylation sites is 1. The van der Waals surface area contributed by atoms with Crippen molar-refractivity contribution in [3.05, 3.63) is 102 Å². The van der Waals surface area contributed by atoms with Gasteiger partial charge in [-0.15, -0.1) is 0 Å². The summed E-state index contributed by atoms with van der Waals surface area (Å²) in [6.45, 7) is 1.50. The molecule has 4 rings (SSSR count). The third-order valence-corrected chi connectivity index (χ3v) is 5.43. The lowest BCUT2D eigenvalue weighted by Gasteiger charge is -2.50. The first kappa shape index (κ1) is 19.9. The minimum absolute atomic E-state index is 0.329. The second-order valence-corrected chi connectivity index (χ2v) is 7.27. The first-order valence-corrected chi connectivity index (χ1v) is 9.71. The monoisotopic (exact) mass is 406 g/mol. The van der Waals surface area contributed by atoms with Gasteiger partial charge in [-0.25, -0.2) is 0 Å². The highest BCUT2D eigenvalue weighted by Crippen LogP contribution is 2.44. The zero-order chi connectivity index (χ0) is 22.0. The van der Waals surface area contributed by atoms with Crippen LogP contribution >= 0.6 is 0 Å². The number of anilines is 1. The third-order valence-electron chi connectivity index (χ3n) is 5.43. The van der Waals surface area contributed by atoms with Crippen molar-refractivity contribution in [3.63, 3.8) is 0 Å². The number of nitriles is 2. The van der Waals surface area contributed by atoms with Crippen LogP contribution in [-0.4, -0.2) is 22.4 Å². The highest BCUT2D eigenvalue weighted by atomic mass is 16.2. The predicted molar refractivity (Wildman–Crippen MR) is 115 cm³/mol. The van der Waals surface area contributed by atoms with Crippen LogP contribution < -0.4 is 4.90 Å². The molecule has 1 aliphatic rings. The summed E-state index contributed by atoms with van der Waals surface area (Å²) in [5, 5.41) is 20.3. The van der Waals surface area contributed by atoms with Crippen molar-refractivity contribution in [3.8, 4) is 12.1 Å². The molecule has 0 fully saturated rings. The number of hydrogen-bond donors (Lipinski definition) is 0. The summed E-state index contributed by atoms with van der Waals surface area (Å²) in [7, 11) is 0. The number of fused-ring (bicyclic) bond motifs is 1. The van der Waals surface area contributed by atoms with Gasteiger partial charge < -0.3 is 0 Å². The molecule has 3 aromatic carbocycles. The fraction of sp³-hybridized carbons (Fsp3) is 0.120. The molecule has 0 aliphatic carbocycles. The van der Waals surface area contributed by atoms with Gasteiger partial charge in [-0.2, -0.15) is 10.5 Å². The molecule has 0 N–H and O–H groups in total. The molecule has 2 atom stereocenters. The summed E-state index contributed by atoms with van der Waals surface area (Å²) >= 11 is 0. The SMILES string of the molecule is CC1(C#N)N(C(=O)c2ccccc2)c2ccccc2C(C#N)N1C(=O)c1ccccc1. The summed E-state index contributed by atoms with van der Waals surface area (Å²) in [5.41, 5.74) is -0.0958. The third kappa shape index (κ3) is 3.11. The zero-order valence-electron chi connectivity index (χ0n) is 16.8. The van der Waals surface area contributed by atoms with E-state index in [4.69, 9.17) is 0 Å². The minimum atomic E-state index is -1.73. The molecule has 150 valence electrons. The molecule has 0 spiro atoms. The largest absolute Gasteiger partial charge is 0.282 e. The molecule has 0 saturated heterocycles. The molecule has 1 heterocycles. The molecule has 6 heteroatoms. The van der Waals surface area contributed by atoms with Crippen molar-refractivity contribution in [2.24, 2.45) is 0 Å². The Morgan fingerprint density at radius 2 is 1.32 bits per heavy atom. The van der Waals surface area contributed by atoms with Gasteiger partial charge in [0.25, 0.3) is 11.8 Å². The van der Waals surface area contributed by atoms with Crippen LogP contribution in [0.3, 0.4) is 0 Å². The number of nitrogens with zero attached hydrogens (tertiary/aromatic N) is 4. The molecule has 3 aromatic rings. The van der Waals surface area contributed by atoms with Crippen molar-refractivity contribution >= 4 is 17.5 Å². The molecule has 0 radical (unpaired) electrons. The van der Waals surface area contributed by atoms with Gasteiger partial charge in [0.2, 0.25) is 5.66 Å². The van der Waals surface area contributed by atoms with E-state index in [-0.39, 0.29) is 0 Å². The summed E-state index contributed by atoms with van der Waals surface area (Å²) in [4.78, 5) is 29.6. The fourth-order valence-electron chi connectivity index (χ4n) is 3.94. The lowest BCUT2D eigenvalue weighted by atomic mass is 9.91. The highest BCUT2D eigenvalue weighted by Gasteiger charge is 2.53. The van der Waals surface area contributed by atoms with E-state index < -0.39 is 23.5 Å². The van der Waals surface area contributed by atoms with Gasteiger partial charge >= 0.3 is 0 Å². The molecule has 0 saturated carbocycles. The van der Waals surface area contributed by atoms with Gasteiger partial charge in [-0.1, -0.05) is 54.6 Å². The number of amides is 2. The van der Waals surface area contributed by atoms with Crippen molar-refractivity contribution in [2.75, 3.05) is 4.90 Å².